The smallest absolute Gasteiger partial charge is 0.147 e. The fourth-order valence-electron chi connectivity index (χ4n) is 3.37. The van der Waals surface area contributed by atoms with Gasteiger partial charge in [0.1, 0.15) is 23.3 Å². The van der Waals surface area contributed by atoms with Crippen molar-refractivity contribution in [3.05, 3.63) is 23.3 Å². The van der Waals surface area contributed by atoms with Gasteiger partial charge in [-0.3, -0.25) is 4.90 Å². The van der Waals surface area contributed by atoms with E-state index in [-0.39, 0.29) is 6.10 Å². The summed E-state index contributed by atoms with van der Waals surface area (Å²) in [5.74, 6) is 4.57. The Morgan fingerprint density at radius 2 is 2.04 bits per heavy atom. The van der Waals surface area contributed by atoms with Crippen molar-refractivity contribution < 1.29 is 4.74 Å². The summed E-state index contributed by atoms with van der Waals surface area (Å²) >= 11 is 0. The molecule has 0 unspecified atom stereocenters. The maximum atomic E-state index is 5.92. The van der Waals surface area contributed by atoms with Crippen molar-refractivity contribution >= 4 is 0 Å². The molecule has 0 amide bonds. The van der Waals surface area contributed by atoms with Crippen LogP contribution in [0.25, 0.3) is 0 Å². The van der Waals surface area contributed by atoms with E-state index in [1.165, 1.54) is 12.8 Å². The molecule has 1 saturated carbocycles. The van der Waals surface area contributed by atoms with Gasteiger partial charge in [-0.15, -0.1) is 10.2 Å². The highest BCUT2D eigenvalue weighted by Gasteiger charge is 2.30. The predicted octanol–water partition coefficient (Wildman–Crippen LogP) is 0.802. The Bertz CT molecular complexity index is 718. The molecular weight excluding hydrogens is 306 g/mol. The van der Waals surface area contributed by atoms with E-state index < -0.39 is 0 Å². The molecule has 3 heterocycles. The number of ether oxygens (including phenoxy) is 1. The van der Waals surface area contributed by atoms with E-state index in [4.69, 9.17) is 4.74 Å². The van der Waals surface area contributed by atoms with Crippen molar-refractivity contribution in [1.82, 2.24) is 34.4 Å². The zero-order valence-electron chi connectivity index (χ0n) is 14.6. The molecule has 2 aromatic heterocycles. The second-order valence-corrected chi connectivity index (χ2v) is 6.92. The number of aryl methyl sites for hydroxylation is 2. The van der Waals surface area contributed by atoms with Crippen LogP contribution >= 0.6 is 0 Å². The third-order valence-electron chi connectivity index (χ3n) is 4.87. The number of nitrogens with zero attached hydrogens (tertiary/aromatic N) is 7. The Labute approximate surface area is 141 Å². The van der Waals surface area contributed by atoms with Gasteiger partial charge in [-0.2, -0.15) is 5.10 Å². The first-order valence-corrected chi connectivity index (χ1v) is 8.70. The molecule has 130 valence electrons. The van der Waals surface area contributed by atoms with Crippen molar-refractivity contribution in [3.8, 4) is 0 Å². The van der Waals surface area contributed by atoms with Crippen molar-refractivity contribution in [2.24, 2.45) is 7.05 Å². The summed E-state index contributed by atoms with van der Waals surface area (Å²) in [6.45, 7) is 8.02. The summed E-state index contributed by atoms with van der Waals surface area (Å²) in [5, 5.41) is 13.2. The summed E-state index contributed by atoms with van der Waals surface area (Å²) < 4.78 is 10.0. The highest BCUT2D eigenvalue weighted by molar-refractivity contribution is 5.07. The van der Waals surface area contributed by atoms with Gasteiger partial charge in [0, 0.05) is 26.1 Å². The number of hydrogen-bond acceptors (Lipinski definition) is 6. The molecule has 8 heteroatoms. The SMILES string of the molecule is Cc1nc(C)n(C[C@H]2CN(Cc3nnc(C4CC4)n3C)CCO2)n1. The largest absolute Gasteiger partial charge is 0.374 e. The minimum absolute atomic E-state index is 0.134. The lowest BCUT2D eigenvalue weighted by atomic mass is 10.2. The molecule has 8 nitrogen and oxygen atoms in total. The van der Waals surface area contributed by atoms with Gasteiger partial charge in [-0.05, 0) is 26.7 Å². The highest BCUT2D eigenvalue weighted by atomic mass is 16.5. The summed E-state index contributed by atoms with van der Waals surface area (Å²) in [4.78, 5) is 6.76. The first-order valence-electron chi connectivity index (χ1n) is 8.70. The van der Waals surface area contributed by atoms with Gasteiger partial charge in [0.2, 0.25) is 0 Å². The number of hydrogen-bond donors (Lipinski definition) is 0. The van der Waals surface area contributed by atoms with Gasteiger partial charge in [0.05, 0.1) is 25.8 Å². The van der Waals surface area contributed by atoms with Crippen molar-refractivity contribution in [1.29, 1.82) is 0 Å². The minimum atomic E-state index is 0.134. The van der Waals surface area contributed by atoms with Crippen LogP contribution in [0.3, 0.4) is 0 Å². The number of aromatic nitrogens is 6. The van der Waals surface area contributed by atoms with Crippen LogP contribution < -0.4 is 0 Å². The Kier molecular flexibility index (Phi) is 4.09. The third kappa shape index (κ3) is 3.21. The molecule has 1 saturated heterocycles. The van der Waals surface area contributed by atoms with Crippen LogP contribution in [0.15, 0.2) is 0 Å². The molecule has 2 fully saturated rings. The number of morpholine rings is 1. The maximum Gasteiger partial charge on any atom is 0.147 e. The minimum Gasteiger partial charge on any atom is -0.374 e. The number of rotatable bonds is 5. The summed E-state index contributed by atoms with van der Waals surface area (Å²) in [5.41, 5.74) is 0. The molecule has 0 spiro atoms. The van der Waals surface area contributed by atoms with Crippen molar-refractivity contribution in [3.63, 3.8) is 0 Å². The first-order chi connectivity index (χ1) is 11.6. The van der Waals surface area contributed by atoms with Crippen molar-refractivity contribution in [2.75, 3.05) is 19.7 Å². The standard InChI is InChI=1S/C16H25N7O/c1-11-17-12(2)23(20-11)9-14-8-22(6-7-24-14)10-15-18-19-16(21(15)3)13-4-5-13/h13-14H,4-10H2,1-3H3/t14-/m1/s1. The topological polar surface area (TPSA) is 73.9 Å². The van der Waals surface area contributed by atoms with Crippen LogP contribution in [0.1, 0.15) is 42.1 Å². The van der Waals surface area contributed by atoms with Gasteiger partial charge in [-0.1, -0.05) is 0 Å². The van der Waals surface area contributed by atoms with E-state index in [1.54, 1.807) is 0 Å². The lowest BCUT2D eigenvalue weighted by Gasteiger charge is -2.32. The highest BCUT2D eigenvalue weighted by Crippen LogP contribution is 2.38. The summed E-state index contributed by atoms with van der Waals surface area (Å²) in [7, 11) is 2.09. The zero-order chi connectivity index (χ0) is 16.7. The summed E-state index contributed by atoms with van der Waals surface area (Å²) in [6, 6.07) is 0. The van der Waals surface area contributed by atoms with E-state index in [1.807, 2.05) is 18.5 Å². The third-order valence-corrected chi connectivity index (χ3v) is 4.87. The van der Waals surface area contributed by atoms with Crippen LogP contribution in [0.5, 0.6) is 0 Å². The normalized spacial score (nSPS) is 22.2. The molecule has 2 aliphatic rings. The van der Waals surface area contributed by atoms with Gasteiger partial charge >= 0.3 is 0 Å². The molecule has 0 N–H and O–H groups in total. The molecule has 1 atom stereocenters. The maximum absolute atomic E-state index is 5.92. The van der Waals surface area contributed by atoms with Crippen LogP contribution in [-0.4, -0.2) is 60.2 Å². The second-order valence-electron chi connectivity index (χ2n) is 6.92. The van der Waals surface area contributed by atoms with Crippen LogP contribution in [0.4, 0.5) is 0 Å². The van der Waals surface area contributed by atoms with E-state index in [0.717, 1.165) is 56.1 Å². The fraction of sp³-hybridized carbons (Fsp3) is 0.750. The Balaban J connectivity index is 1.39. The first kappa shape index (κ1) is 15.7. The molecule has 1 aliphatic heterocycles. The molecule has 24 heavy (non-hydrogen) atoms. The molecule has 0 bridgehead atoms. The lowest BCUT2D eigenvalue weighted by Crippen LogP contribution is -2.44. The quantitative estimate of drug-likeness (QED) is 0.807. The molecule has 0 radical (unpaired) electrons. The Hall–Kier alpha value is -1.80. The monoisotopic (exact) mass is 331 g/mol. The van der Waals surface area contributed by atoms with Gasteiger partial charge in [-0.25, -0.2) is 9.67 Å². The van der Waals surface area contributed by atoms with Crippen LogP contribution in [0, 0.1) is 13.8 Å². The lowest BCUT2D eigenvalue weighted by molar-refractivity contribution is -0.0414. The van der Waals surface area contributed by atoms with Crippen LogP contribution in [-0.2, 0) is 24.9 Å². The van der Waals surface area contributed by atoms with Crippen molar-refractivity contribution in [2.45, 2.75) is 51.8 Å². The molecular formula is C16H25N7O. The van der Waals surface area contributed by atoms with Gasteiger partial charge in [0.25, 0.3) is 0 Å². The Morgan fingerprint density at radius 1 is 1.21 bits per heavy atom. The van der Waals surface area contributed by atoms with Gasteiger partial charge in [0.15, 0.2) is 0 Å². The van der Waals surface area contributed by atoms with Crippen LogP contribution in [0.2, 0.25) is 0 Å². The van der Waals surface area contributed by atoms with Gasteiger partial charge < -0.3 is 9.30 Å². The molecule has 2 aromatic rings. The summed E-state index contributed by atoms with van der Waals surface area (Å²) in [6.07, 6.45) is 2.64. The predicted molar refractivity (Wildman–Crippen MR) is 87.5 cm³/mol. The van der Waals surface area contributed by atoms with E-state index in [0.29, 0.717) is 5.92 Å². The van der Waals surface area contributed by atoms with E-state index >= 15 is 0 Å². The van der Waals surface area contributed by atoms with E-state index in [2.05, 4.69) is 36.8 Å². The average molecular weight is 331 g/mol. The zero-order valence-corrected chi connectivity index (χ0v) is 14.6. The molecule has 1 aliphatic carbocycles. The Morgan fingerprint density at radius 3 is 2.75 bits per heavy atom. The van der Waals surface area contributed by atoms with E-state index in [9.17, 15) is 0 Å². The average Bonchev–Trinajstić information content (AvgIpc) is 3.25. The fourth-order valence-corrected chi connectivity index (χ4v) is 3.37. The molecule has 0 aromatic carbocycles. The molecule has 4 rings (SSSR count). The second kappa shape index (κ2) is 6.25.